The summed E-state index contributed by atoms with van der Waals surface area (Å²) in [4.78, 5) is 4.14. The lowest BCUT2D eigenvalue weighted by atomic mass is 9.99. The van der Waals surface area contributed by atoms with Crippen molar-refractivity contribution in [1.29, 1.82) is 0 Å². The van der Waals surface area contributed by atoms with Crippen molar-refractivity contribution in [3.05, 3.63) is 82.9 Å². The van der Waals surface area contributed by atoms with Crippen LogP contribution in [-0.4, -0.2) is 18.0 Å². The molecule has 3 rings (SSSR count). The van der Waals surface area contributed by atoms with Crippen molar-refractivity contribution in [3.63, 3.8) is 0 Å². The number of aromatic nitrogens is 2. The number of rotatable bonds is 5. The molecule has 0 bridgehead atoms. The number of hydrogen-bond acceptors (Lipinski definition) is 3. The lowest BCUT2D eigenvalue weighted by Gasteiger charge is -2.13. The maximum Gasteiger partial charge on any atom is 0.238 e. The van der Waals surface area contributed by atoms with E-state index in [2.05, 4.69) is 4.98 Å². The summed E-state index contributed by atoms with van der Waals surface area (Å²) >= 11 is 6.04. The highest BCUT2D eigenvalue weighted by Crippen LogP contribution is 2.24. The van der Waals surface area contributed by atoms with Crippen molar-refractivity contribution in [1.82, 2.24) is 9.55 Å². The second-order valence-corrected chi connectivity index (χ2v) is 7.44. The molecule has 0 aliphatic rings. The second-order valence-electron chi connectivity index (χ2n) is 5.48. The van der Waals surface area contributed by atoms with Crippen LogP contribution in [0.1, 0.15) is 16.7 Å². The SMILES string of the molecule is NS(=O)(=O)c1ccc(Cl)cc1Cc1ccccc1Cn1ccnc1. The summed E-state index contributed by atoms with van der Waals surface area (Å²) in [5, 5.41) is 5.80. The van der Waals surface area contributed by atoms with Gasteiger partial charge in [0.2, 0.25) is 10.0 Å². The lowest BCUT2D eigenvalue weighted by molar-refractivity contribution is 0.597. The van der Waals surface area contributed by atoms with Crippen LogP contribution in [0.25, 0.3) is 0 Å². The van der Waals surface area contributed by atoms with E-state index in [0.717, 1.165) is 11.1 Å². The molecular weight excluding hydrogens is 346 g/mol. The molecule has 2 aromatic carbocycles. The largest absolute Gasteiger partial charge is 0.333 e. The molecule has 1 aromatic heterocycles. The fourth-order valence-electron chi connectivity index (χ4n) is 2.63. The molecule has 0 radical (unpaired) electrons. The summed E-state index contributed by atoms with van der Waals surface area (Å²) < 4.78 is 25.6. The van der Waals surface area contributed by atoms with E-state index in [4.69, 9.17) is 16.7 Å². The molecule has 0 aliphatic carbocycles. The van der Waals surface area contributed by atoms with E-state index in [9.17, 15) is 8.42 Å². The number of imidazole rings is 1. The molecule has 24 heavy (non-hydrogen) atoms. The van der Waals surface area contributed by atoms with Gasteiger partial charge in [-0.3, -0.25) is 0 Å². The van der Waals surface area contributed by atoms with E-state index in [-0.39, 0.29) is 4.90 Å². The van der Waals surface area contributed by atoms with Gasteiger partial charge in [0.05, 0.1) is 11.2 Å². The Morgan fingerprint density at radius 2 is 1.83 bits per heavy atom. The Bertz CT molecular complexity index is 954. The number of benzene rings is 2. The van der Waals surface area contributed by atoms with Crippen molar-refractivity contribution in [2.45, 2.75) is 17.9 Å². The zero-order valence-corrected chi connectivity index (χ0v) is 14.3. The first-order valence-electron chi connectivity index (χ1n) is 7.27. The van der Waals surface area contributed by atoms with Gasteiger partial charge in [-0.25, -0.2) is 18.5 Å². The molecule has 1 heterocycles. The molecular formula is C17H16ClN3O2S. The van der Waals surface area contributed by atoms with Gasteiger partial charge in [-0.1, -0.05) is 35.9 Å². The molecule has 0 amide bonds. The maximum atomic E-state index is 11.8. The summed E-state index contributed by atoms with van der Waals surface area (Å²) in [7, 11) is -3.81. The minimum absolute atomic E-state index is 0.101. The molecule has 3 aromatic rings. The first-order chi connectivity index (χ1) is 11.4. The monoisotopic (exact) mass is 361 g/mol. The average Bonchev–Trinajstić information content (AvgIpc) is 3.01. The van der Waals surface area contributed by atoms with Crippen LogP contribution in [-0.2, 0) is 23.0 Å². The quantitative estimate of drug-likeness (QED) is 0.759. The summed E-state index contributed by atoms with van der Waals surface area (Å²) in [6, 6.07) is 12.5. The van der Waals surface area contributed by atoms with Gasteiger partial charge < -0.3 is 4.57 Å². The Hall–Kier alpha value is -2.15. The van der Waals surface area contributed by atoms with Crippen molar-refractivity contribution in [2.24, 2.45) is 5.14 Å². The van der Waals surface area contributed by atoms with Crippen LogP contribution in [0, 0.1) is 0 Å². The predicted molar refractivity (Wildman–Crippen MR) is 93.4 cm³/mol. The smallest absolute Gasteiger partial charge is 0.238 e. The molecule has 0 saturated heterocycles. The summed E-state index contributed by atoms with van der Waals surface area (Å²) in [6.07, 6.45) is 5.77. The normalized spacial score (nSPS) is 11.6. The molecule has 2 N–H and O–H groups in total. The molecule has 5 nitrogen and oxygen atoms in total. The van der Waals surface area contributed by atoms with Gasteiger partial charge in [0.25, 0.3) is 0 Å². The van der Waals surface area contributed by atoms with E-state index in [1.165, 1.54) is 12.1 Å². The Morgan fingerprint density at radius 3 is 2.50 bits per heavy atom. The van der Waals surface area contributed by atoms with Crippen LogP contribution in [0.15, 0.2) is 66.1 Å². The van der Waals surface area contributed by atoms with Gasteiger partial charge in [-0.15, -0.1) is 0 Å². The Balaban J connectivity index is 1.99. The lowest BCUT2D eigenvalue weighted by Crippen LogP contribution is -2.15. The van der Waals surface area contributed by atoms with Crippen LogP contribution in [0.5, 0.6) is 0 Å². The number of hydrogen-bond donors (Lipinski definition) is 1. The van der Waals surface area contributed by atoms with Gasteiger partial charge >= 0.3 is 0 Å². The summed E-state index contributed by atoms with van der Waals surface area (Å²) in [5.41, 5.74) is 2.68. The van der Waals surface area contributed by atoms with Crippen molar-refractivity contribution >= 4 is 21.6 Å². The zero-order valence-electron chi connectivity index (χ0n) is 12.8. The van der Waals surface area contributed by atoms with Gasteiger partial charge in [0, 0.05) is 24.0 Å². The number of sulfonamides is 1. The van der Waals surface area contributed by atoms with Gasteiger partial charge in [0.15, 0.2) is 0 Å². The number of halogens is 1. The van der Waals surface area contributed by atoms with E-state index >= 15 is 0 Å². The number of nitrogens with two attached hydrogens (primary N) is 1. The van der Waals surface area contributed by atoms with E-state index < -0.39 is 10.0 Å². The fraction of sp³-hybridized carbons (Fsp3) is 0.118. The Morgan fingerprint density at radius 1 is 1.08 bits per heavy atom. The van der Waals surface area contributed by atoms with Gasteiger partial charge in [-0.2, -0.15) is 0 Å². The molecule has 0 aliphatic heterocycles. The van der Waals surface area contributed by atoms with E-state index in [1.54, 1.807) is 18.6 Å². The fourth-order valence-corrected chi connectivity index (χ4v) is 3.58. The first-order valence-corrected chi connectivity index (χ1v) is 9.19. The number of nitrogens with zero attached hydrogens (tertiary/aromatic N) is 2. The molecule has 0 unspecified atom stereocenters. The van der Waals surface area contributed by atoms with Gasteiger partial charge in [0.1, 0.15) is 0 Å². The van der Waals surface area contributed by atoms with Crippen LogP contribution in [0.4, 0.5) is 0 Å². The van der Waals surface area contributed by atoms with Crippen LogP contribution < -0.4 is 5.14 Å². The van der Waals surface area contributed by atoms with Crippen molar-refractivity contribution in [3.8, 4) is 0 Å². The standard InChI is InChI=1S/C17H16ClN3O2S/c18-16-5-6-17(24(19,22)23)15(10-16)9-13-3-1-2-4-14(13)11-21-8-7-20-12-21/h1-8,10,12H,9,11H2,(H2,19,22,23). The Labute approximate surface area is 145 Å². The Kier molecular flexibility index (Phi) is 4.71. The maximum absolute atomic E-state index is 11.8. The first kappa shape index (κ1) is 16.7. The van der Waals surface area contributed by atoms with Crippen LogP contribution in [0.3, 0.4) is 0 Å². The molecule has 0 spiro atoms. The van der Waals surface area contributed by atoms with E-state index in [1.807, 2.05) is 35.0 Å². The van der Waals surface area contributed by atoms with Crippen LogP contribution >= 0.6 is 11.6 Å². The molecule has 0 atom stereocenters. The third-order valence-corrected chi connectivity index (χ3v) is 4.99. The molecule has 7 heteroatoms. The minimum atomic E-state index is -3.81. The molecule has 0 saturated carbocycles. The van der Waals surface area contributed by atoms with E-state index in [0.29, 0.717) is 23.6 Å². The molecule has 124 valence electrons. The third kappa shape index (κ3) is 3.84. The van der Waals surface area contributed by atoms with Crippen molar-refractivity contribution in [2.75, 3.05) is 0 Å². The van der Waals surface area contributed by atoms with Crippen molar-refractivity contribution < 1.29 is 8.42 Å². The zero-order chi connectivity index (χ0) is 17.2. The summed E-state index contributed by atoms with van der Waals surface area (Å²) in [6.45, 7) is 0.654. The topological polar surface area (TPSA) is 78.0 Å². The predicted octanol–water partition coefficient (Wildman–Crippen LogP) is 2.82. The molecule has 0 fully saturated rings. The second kappa shape index (κ2) is 6.76. The third-order valence-electron chi connectivity index (χ3n) is 3.74. The van der Waals surface area contributed by atoms with Gasteiger partial charge in [-0.05, 0) is 41.3 Å². The number of primary sulfonamides is 1. The highest BCUT2D eigenvalue weighted by Gasteiger charge is 2.15. The highest BCUT2D eigenvalue weighted by atomic mass is 35.5. The summed E-state index contributed by atoms with van der Waals surface area (Å²) in [5.74, 6) is 0. The minimum Gasteiger partial charge on any atom is -0.333 e. The van der Waals surface area contributed by atoms with Crippen LogP contribution in [0.2, 0.25) is 5.02 Å². The average molecular weight is 362 g/mol. The highest BCUT2D eigenvalue weighted by molar-refractivity contribution is 7.89.